The van der Waals surface area contributed by atoms with Gasteiger partial charge < -0.3 is 31.1 Å². The first-order chi connectivity index (χ1) is 17.4. The second-order valence-corrected chi connectivity index (χ2v) is 9.64. The summed E-state index contributed by atoms with van der Waals surface area (Å²) in [5, 5.41) is 14.8. The number of benzene rings is 2. The Hall–Kier alpha value is -3.55. The highest BCUT2D eigenvalue weighted by molar-refractivity contribution is 7.79. The zero-order valence-corrected chi connectivity index (χ0v) is 22.2. The van der Waals surface area contributed by atoms with E-state index in [-0.39, 0.29) is 11.9 Å². The van der Waals surface area contributed by atoms with E-state index in [1.807, 2.05) is 9.80 Å². The minimum Gasteiger partial charge on any atom is -0.370 e. The molecule has 2 saturated heterocycles. The van der Waals surface area contributed by atoms with Crippen LogP contribution in [-0.2, 0) is 10.4 Å². The number of nitrogens with two attached hydrogens (primary N) is 2. The normalized spacial score (nSPS) is 15.7. The number of anilines is 2. The van der Waals surface area contributed by atoms with Crippen molar-refractivity contribution in [2.24, 2.45) is 11.5 Å². The summed E-state index contributed by atoms with van der Waals surface area (Å²) < 4.78 is 31.6. The number of rotatable bonds is 2. The van der Waals surface area contributed by atoms with Crippen molar-refractivity contribution in [3.63, 3.8) is 0 Å². The fourth-order valence-electron chi connectivity index (χ4n) is 4.21. The molecule has 0 unspecified atom stereocenters. The van der Waals surface area contributed by atoms with Crippen LogP contribution < -0.4 is 21.3 Å². The van der Waals surface area contributed by atoms with E-state index in [1.165, 1.54) is 22.5 Å². The van der Waals surface area contributed by atoms with Gasteiger partial charge in [0, 0.05) is 63.7 Å². The van der Waals surface area contributed by atoms with E-state index >= 15 is 0 Å². The molecule has 2 aromatic carbocycles. The van der Waals surface area contributed by atoms with Crippen molar-refractivity contribution in [2.45, 2.75) is 13.8 Å². The van der Waals surface area contributed by atoms with Crippen molar-refractivity contribution >= 4 is 33.7 Å². The lowest BCUT2D eigenvalue weighted by molar-refractivity contribution is 0.379. The van der Waals surface area contributed by atoms with Crippen LogP contribution in [0, 0.1) is 24.7 Å². The molecule has 13 heteroatoms. The molecule has 0 aliphatic carbocycles. The summed E-state index contributed by atoms with van der Waals surface area (Å²) in [5.74, 6) is 0.369. The summed E-state index contributed by atoms with van der Waals surface area (Å²) in [7, 11) is -4.67. The molecule has 204 valence electrons. The smallest absolute Gasteiger partial charge is 0.370 e. The Morgan fingerprint density at radius 1 is 0.676 bits per heavy atom. The van der Waals surface area contributed by atoms with E-state index in [2.05, 4.69) is 72.2 Å². The predicted molar refractivity (Wildman–Crippen MR) is 148 cm³/mol. The Labute approximate surface area is 219 Å². The van der Waals surface area contributed by atoms with Gasteiger partial charge in [0.2, 0.25) is 0 Å². The maximum atomic E-state index is 8.74. The van der Waals surface area contributed by atoms with Crippen molar-refractivity contribution in [3.8, 4) is 0 Å². The first-order valence-electron chi connectivity index (χ1n) is 11.9. The molecule has 37 heavy (non-hydrogen) atoms. The molecule has 2 aliphatic rings. The van der Waals surface area contributed by atoms with Gasteiger partial charge in [0.05, 0.1) is 0 Å². The third kappa shape index (κ3) is 10.1. The van der Waals surface area contributed by atoms with E-state index < -0.39 is 10.4 Å². The van der Waals surface area contributed by atoms with Gasteiger partial charge in [-0.15, -0.1) is 0 Å². The monoisotopic (exact) mass is 534 g/mol. The molecular formula is C24H38N8O4S. The molecular weight excluding hydrogens is 496 g/mol. The van der Waals surface area contributed by atoms with Crippen LogP contribution in [0.15, 0.2) is 48.5 Å². The lowest BCUT2D eigenvalue weighted by Crippen LogP contribution is -2.51. The lowest BCUT2D eigenvalue weighted by Gasteiger charge is -2.36. The summed E-state index contributed by atoms with van der Waals surface area (Å²) in [6.07, 6.45) is 0. The second kappa shape index (κ2) is 13.7. The highest BCUT2D eigenvalue weighted by atomic mass is 32.3. The van der Waals surface area contributed by atoms with Gasteiger partial charge in [0.15, 0.2) is 11.9 Å². The SMILES string of the molecule is Cc1ccccc1N1CCN(C(=N)N)CC1.Cc1ccccc1N1CCN(C(=N)N)CC1.O=S(=O)(O)O. The first-order valence-corrected chi connectivity index (χ1v) is 13.3. The van der Waals surface area contributed by atoms with Crippen molar-refractivity contribution in [2.75, 3.05) is 62.2 Å². The van der Waals surface area contributed by atoms with Crippen LogP contribution in [0.5, 0.6) is 0 Å². The lowest BCUT2D eigenvalue weighted by atomic mass is 10.1. The standard InChI is InChI=1S/2C12H18N4.H2O4S/c2*1-10-4-2-3-5-11(10)15-6-8-16(9-7-15)12(13)14;1-5(2,3)4/h2*2-5H,6-9H2,1H3,(H3,13,14);(H2,1,2,3,4). The van der Waals surface area contributed by atoms with Crippen LogP contribution in [0.3, 0.4) is 0 Å². The fraction of sp³-hybridized carbons (Fsp3) is 0.417. The van der Waals surface area contributed by atoms with Crippen LogP contribution in [-0.4, -0.2) is 91.6 Å². The van der Waals surface area contributed by atoms with Gasteiger partial charge in [-0.25, -0.2) is 0 Å². The molecule has 2 aromatic rings. The summed E-state index contributed by atoms with van der Waals surface area (Å²) in [5.41, 5.74) is 16.1. The van der Waals surface area contributed by atoms with E-state index in [0.29, 0.717) is 0 Å². The number of hydrogen-bond acceptors (Lipinski definition) is 6. The summed E-state index contributed by atoms with van der Waals surface area (Å²) >= 11 is 0. The summed E-state index contributed by atoms with van der Waals surface area (Å²) in [6.45, 7) is 11.4. The van der Waals surface area contributed by atoms with Gasteiger partial charge in [0.1, 0.15) is 0 Å². The van der Waals surface area contributed by atoms with Gasteiger partial charge in [-0.2, -0.15) is 8.42 Å². The van der Waals surface area contributed by atoms with Crippen LogP contribution >= 0.6 is 0 Å². The van der Waals surface area contributed by atoms with Crippen LogP contribution in [0.1, 0.15) is 11.1 Å². The minimum absolute atomic E-state index is 0.185. The maximum absolute atomic E-state index is 8.74. The van der Waals surface area contributed by atoms with Gasteiger partial charge in [-0.05, 0) is 37.1 Å². The van der Waals surface area contributed by atoms with E-state index in [4.69, 9.17) is 39.8 Å². The Kier molecular flexibility index (Phi) is 11.0. The van der Waals surface area contributed by atoms with Crippen molar-refractivity contribution < 1.29 is 17.5 Å². The second-order valence-electron chi connectivity index (χ2n) is 8.74. The highest BCUT2D eigenvalue weighted by Crippen LogP contribution is 2.21. The molecule has 0 atom stereocenters. The van der Waals surface area contributed by atoms with E-state index in [9.17, 15) is 0 Å². The van der Waals surface area contributed by atoms with Gasteiger partial charge in [-0.3, -0.25) is 19.9 Å². The molecule has 2 aliphatic heterocycles. The molecule has 0 aromatic heterocycles. The average Bonchev–Trinajstić information content (AvgIpc) is 2.84. The largest absolute Gasteiger partial charge is 0.394 e. The molecule has 12 nitrogen and oxygen atoms in total. The van der Waals surface area contributed by atoms with E-state index in [1.54, 1.807) is 0 Å². The summed E-state index contributed by atoms with van der Waals surface area (Å²) in [6, 6.07) is 16.8. The topological polar surface area (TPSA) is 187 Å². The predicted octanol–water partition coefficient (Wildman–Crippen LogP) is 1.37. The molecule has 0 bridgehead atoms. The van der Waals surface area contributed by atoms with Gasteiger partial charge in [0.25, 0.3) is 0 Å². The van der Waals surface area contributed by atoms with Crippen LogP contribution in [0.2, 0.25) is 0 Å². The highest BCUT2D eigenvalue weighted by Gasteiger charge is 2.19. The number of nitrogens with zero attached hydrogens (tertiary/aromatic N) is 4. The van der Waals surface area contributed by atoms with Crippen molar-refractivity contribution in [3.05, 3.63) is 59.7 Å². The number of guanidine groups is 2. The molecule has 0 amide bonds. The molecule has 2 heterocycles. The van der Waals surface area contributed by atoms with Crippen molar-refractivity contribution in [1.29, 1.82) is 10.8 Å². The molecule has 4 rings (SSSR count). The van der Waals surface area contributed by atoms with Crippen molar-refractivity contribution in [1.82, 2.24) is 9.80 Å². The summed E-state index contributed by atoms with van der Waals surface area (Å²) in [4.78, 5) is 8.53. The Morgan fingerprint density at radius 3 is 1.19 bits per heavy atom. The first kappa shape index (κ1) is 29.7. The number of piperazine rings is 2. The Morgan fingerprint density at radius 2 is 0.946 bits per heavy atom. The number of para-hydroxylation sites is 2. The van der Waals surface area contributed by atoms with Crippen LogP contribution in [0.25, 0.3) is 0 Å². The number of hydrogen-bond donors (Lipinski definition) is 6. The fourth-order valence-corrected chi connectivity index (χ4v) is 4.21. The Bertz CT molecular complexity index is 1060. The average molecular weight is 535 g/mol. The Balaban J connectivity index is 0.000000221. The minimum atomic E-state index is -4.67. The number of aryl methyl sites for hydroxylation is 2. The third-order valence-corrected chi connectivity index (χ3v) is 6.15. The number of nitrogens with one attached hydrogen (secondary N) is 2. The van der Waals surface area contributed by atoms with Crippen LogP contribution in [0.4, 0.5) is 11.4 Å². The third-order valence-electron chi connectivity index (χ3n) is 6.15. The molecule has 8 N–H and O–H groups in total. The zero-order valence-electron chi connectivity index (χ0n) is 21.3. The van der Waals surface area contributed by atoms with Gasteiger partial charge in [-0.1, -0.05) is 36.4 Å². The maximum Gasteiger partial charge on any atom is 0.394 e. The van der Waals surface area contributed by atoms with E-state index in [0.717, 1.165) is 52.4 Å². The molecule has 0 radical (unpaired) electrons. The molecule has 0 spiro atoms. The molecule has 2 fully saturated rings. The molecule has 0 saturated carbocycles. The quantitative estimate of drug-likeness (QED) is 0.187. The zero-order chi connectivity index (χ0) is 27.6. The van der Waals surface area contributed by atoms with Gasteiger partial charge >= 0.3 is 10.4 Å².